The summed E-state index contributed by atoms with van der Waals surface area (Å²) in [5, 5.41) is 2.76. The van der Waals surface area contributed by atoms with Crippen LogP contribution in [0.3, 0.4) is 0 Å². The quantitative estimate of drug-likeness (QED) is 0.624. The van der Waals surface area contributed by atoms with Crippen molar-refractivity contribution in [3.8, 4) is 0 Å². The van der Waals surface area contributed by atoms with Crippen molar-refractivity contribution in [2.75, 3.05) is 12.4 Å². The van der Waals surface area contributed by atoms with Gasteiger partial charge in [-0.05, 0) is 35.9 Å². The van der Waals surface area contributed by atoms with Crippen LogP contribution in [0.1, 0.15) is 28.8 Å². The van der Waals surface area contributed by atoms with E-state index in [9.17, 15) is 18.0 Å². The minimum absolute atomic E-state index is 0.00277. The zero-order chi connectivity index (χ0) is 21.7. The van der Waals surface area contributed by atoms with E-state index in [1.165, 1.54) is 36.1 Å². The molecule has 0 saturated carbocycles. The molecule has 0 aliphatic carbocycles. The van der Waals surface area contributed by atoms with Gasteiger partial charge < -0.3 is 14.6 Å². The molecule has 0 fully saturated rings. The van der Waals surface area contributed by atoms with Gasteiger partial charge in [-0.15, -0.1) is 0 Å². The van der Waals surface area contributed by atoms with Crippen LogP contribution in [-0.2, 0) is 26.9 Å². The van der Waals surface area contributed by atoms with Crippen LogP contribution in [0.5, 0.6) is 0 Å². The molecule has 1 aromatic heterocycles. The third kappa shape index (κ3) is 5.15. The van der Waals surface area contributed by atoms with Crippen LogP contribution in [0.4, 0.5) is 5.69 Å². The number of benzene rings is 2. The third-order valence-electron chi connectivity index (χ3n) is 4.53. The van der Waals surface area contributed by atoms with Crippen LogP contribution < -0.4 is 5.32 Å². The van der Waals surface area contributed by atoms with E-state index in [0.717, 1.165) is 5.56 Å². The molecule has 0 aliphatic heterocycles. The summed E-state index contributed by atoms with van der Waals surface area (Å²) in [6.07, 6.45) is 0. The lowest BCUT2D eigenvalue weighted by molar-refractivity contribution is -0.128. The van der Waals surface area contributed by atoms with Gasteiger partial charge in [0.1, 0.15) is 11.5 Å². The smallest absolute Gasteiger partial charge is 0.291 e. The first-order chi connectivity index (χ1) is 14.3. The Labute approximate surface area is 175 Å². The van der Waals surface area contributed by atoms with Gasteiger partial charge in [0.05, 0.1) is 4.90 Å². The molecule has 0 atom stereocenters. The number of hydrogen-bond donors (Lipinski definition) is 1. The Hall–Kier alpha value is -3.39. The molecule has 0 unspecified atom stereocenters. The highest BCUT2D eigenvalue weighted by molar-refractivity contribution is 7.90. The molecule has 30 heavy (non-hydrogen) atoms. The van der Waals surface area contributed by atoms with Gasteiger partial charge in [-0.3, -0.25) is 9.59 Å². The van der Waals surface area contributed by atoms with Crippen molar-refractivity contribution in [2.24, 2.45) is 0 Å². The Kier molecular flexibility index (Phi) is 6.37. The Morgan fingerprint density at radius 1 is 0.967 bits per heavy atom. The minimum atomic E-state index is -3.58. The van der Waals surface area contributed by atoms with E-state index in [4.69, 9.17) is 4.42 Å². The first kappa shape index (κ1) is 21.3. The number of nitrogens with one attached hydrogen (secondary N) is 1. The molecule has 2 aromatic carbocycles. The Morgan fingerprint density at radius 3 is 2.33 bits per heavy atom. The fourth-order valence-corrected chi connectivity index (χ4v) is 4.08. The molecular weight excluding hydrogens is 404 g/mol. The minimum Gasteiger partial charge on any atom is -0.455 e. The van der Waals surface area contributed by atoms with Gasteiger partial charge in [0.15, 0.2) is 15.6 Å². The fraction of sp³-hybridized carbons (Fsp3) is 0.182. The first-order valence-electron chi connectivity index (χ1n) is 9.24. The third-order valence-corrected chi connectivity index (χ3v) is 6.19. The van der Waals surface area contributed by atoms with Crippen molar-refractivity contribution in [3.63, 3.8) is 0 Å². The summed E-state index contributed by atoms with van der Waals surface area (Å²) >= 11 is 0. The highest BCUT2D eigenvalue weighted by atomic mass is 32.2. The topological polar surface area (TPSA) is 96.7 Å². The Balaban J connectivity index is 1.73. The molecule has 0 aliphatic rings. The van der Waals surface area contributed by atoms with Gasteiger partial charge in [-0.2, -0.15) is 0 Å². The van der Waals surface area contributed by atoms with Crippen molar-refractivity contribution in [2.45, 2.75) is 24.1 Å². The largest absolute Gasteiger partial charge is 0.455 e. The standard InChI is InChI=1S/C22H22N2O5S/c1-16(25)24(2)14-17-8-6-7-11-20(17)23-22(26)21-13-12-18(29-21)15-30(27,28)19-9-4-3-5-10-19/h3-13H,14-15H2,1-2H3,(H,23,26). The van der Waals surface area contributed by atoms with Crippen molar-refractivity contribution >= 4 is 27.3 Å². The molecule has 1 N–H and O–H groups in total. The lowest BCUT2D eigenvalue weighted by Crippen LogP contribution is -2.24. The Morgan fingerprint density at radius 2 is 1.63 bits per heavy atom. The van der Waals surface area contributed by atoms with E-state index in [1.807, 2.05) is 12.1 Å². The van der Waals surface area contributed by atoms with Crippen molar-refractivity contribution in [3.05, 3.63) is 83.8 Å². The molecule has 3 aromatic rings. The maximum Gasteiger partial charge on any atom is 0.291 e. The van der Waals surface area contributed by atoms with E-state index in [-0.39, 0.29) is 28.1 Å². The predicted molar refractivity (Wildman–Crippen MR) is 113 cm³/mol. The summed E-state index contributed by atoms with van der Waals surface area (Å²) in [4.78, 5) is 25.8. The number of amides is 2. The molecule has 0 bridgehead atoms. The van der Waals surface area contributed by atoms with Gasteiger partial charge in [0, 0.05) is 26.2 Å². The number of sulfone groups is 1. The summed E-state index contributed by atoms with van der Waals surface area (Å²) in [6.45, 7) is 1.81. The summed E-state index contributed by atoms with van der Waals surface area (Å²) in [5.41, 5.74) is 1.31. The number of anilines is 1. The van der Waals surface area contributed by atoms with Gasteiger partial charge in [0.2, 0.25) is 5.91 Å². The predicted octanol–water partition coefficient (Wildman–Crippen LogP) is 3.48. The normalized spacial score (nSPS) is 11.1. The molecule has 0 radical (unpaired) electrons. The van der Waals surface area contributed by atoms with Crippen LogP contribution in [0, 0.1) is 0 Å². The molecule has 7 nitrogen and oxygen atoms in total. The molecule has 2 amide bonds. The second-order valence-corrected chi connectivity index (χ2v) is 8.81. The van der Waals surface area contributed by atoms with Crippen molar-refractivity contribution in [1.29, 1.82) is 0 Å². The van der Waals surface area contributed by atoms with E-state index in [1.54, 1.807) is 37.4 Å². The molecule has 0 spiro atoms. The molecule has 0 saturated heterocycles. The van der Waals surface area contributed by atoms with Crippen LogP contribution in [-0.4, -0.2) is 32.2 Å². The maximum absolute atomic E-state index is 12.6. The molecule has 3 rings (SSSR count). The van der Waals surface area contributed by atoms with Gasteiger partial charge in [0.25, 0.3) is 5.91 Å². The zero-order valence-corrected chi connectivity index (χ0v) is 17.5. The number of hydrogen-bond acceptors (Lipinski definition) is 5. The highest BCUT2D eigenvalue weighted by Gasteiger charge is 2.20. The van der Waals surface area contributed by atoms with Crippen molar-refractivity contribution in [1.82, 2.24) is 4.90 Å². The number of carbonyl (C=O) groups excluding carboxylic acids is 2. The lowest BCUT2D eigenvalue weighted by atomic mass is 10.1. The molecule has 156 valence electrons. The van der Waals surface area contributed by atoms with Gasteiger partial charge in [-0.1, -0.05) is 36.4 Å². The number of rotatable bonds is 7. The molecular formula is C22H22N2O5S. The number of furan rings is 1. The first-order valence-corrected chi connectivity index (χ1v) is 10.9. The summed E-state index contributed by atoms with van der Waals surface area (Å²) < 4.78 is 30.4. The number of para-hydroxylation sites is 1. The zero-order valence-electron chi connectivity index (χ0n) is 16.7. The van der Waals surface area contributed by atoms with Gasteiger partial charge >= 0.3 is 0 Å². The van der Waals surface area contributed by atoms with E-state index < -0.39 is 15.7 Å². The van der Waals surface area contributed by atoms with Crippen LogP contribution >= 0.6 is 0 Å². The van der Waals surface area contributed by atoms with Crippen LogP contribution in [0.25, 0.3) is 0 Å². The average Bonchev–Trinajstić information content (AvgIpc) is 3.18. The molecule has 8 heteroatoms. The summed E-state index contributed by atoms with van der Waals surface area (Å²) in [6, 6.07) is 18.1. The summed E-state index contributed by atoms with van der Waals surface area (Å²) in [5.74, 6) is -0.760. The summed E-state index contributed by atoms with van der Waals surface area (Å²) in [7, 11) is -1.90. The van der Waals surface area contributed by atoms with E-state index in [0.29, 0.717) is 12.2 Å². The number of carbonyl (C=O) groups is 2. The molecule has 1 heterocycles. The lowest BCUT2D eigenvalue weighted by Gasteiger charge is -2.17. The van der Waals surface area contributed by atoms with Crippen molar-refractivity contribution < 1.29 is 22.4 Å². The van der Waals surface area contributed by atoms with Crippen LogP contribution in [0.15, 0.2) is 76.0 Å². The maximum atomic E-state index is 12.6. The second kappa shape index (κ2) is 8.96. The number of nitrogens with zero attached hydrogens (tertiary/aromatic N) is 1. The monoisotopic (exact) mass is 426 g/mol. The fourth-order valence-electron chi connectivity index (χ4n) is 2.81. The SMILES string of the molecule is CC(=O)N(C)Cc1ccccc1NC(=O)c1ccc(CS(=O)(=O)c2ccccc2)o1. The Bertz CT molecular complexity index is 1150. The second-order valence-electron chi connectivity index (χ2n) is 6.82. The van der Waals surface area contributed by atoms with E-state index in [2.05, 4.69) is 5.32 Å². The van der Waals surface area contributed by atoms with E-state index >= 15 is 0 Å². The van der Waals surface area contributed by atoms with Gasteiger partial charge in [-0.25, -0.2) is 8.42 Å². The highest BCUT2D eigenvalue weighted by Crippen LogP contribution is 2.21. The average molecular weight is 426 g/mol. The van der Waals surface area contributed by atoms with Crippen LogP contribution in [0.2, 0.25) is 0 Å².